The van der Waals surface area contributed by atoms with Gasteiger partial charge >= 0.3 is 0 Å². The van der Waals surface area contributed by atoms with Crippen molar-refractivity contribution in [3.05, 3.63) is 30.0 Å². The molecule has 1 aliphatic carbocycles. The summed E-state index contributed by atoms with van der Waals surface area (Å²) in [7, 11) is 0. The van der Waals surface area contributed by atoms with Crippen LogP contribution in [0.25, 0.3) is 10.9 Å². The molecular formula is C13H15N3O. The van der Waals surface area contributed by atoms with Crippen LogP contribution in [-0.4, -0.2) is 22.6 Å². The van der Waals surface area contributed by atoms with Gasteiger partial charge in [-0.05, 0) is 24.3 Å². The Hall–Kier alpha value is -1.84. The van der Waals surface area contributed by atoms with Gasteiger partial charge in [0.2, 0.25) is 0 Å². The van der Waals surface area contributed by atoms with Gasteiger partial charge in [0.15, 0.2) is 5.69 Å². The molecule has 0 radical (unpaired) electrons. The lowest BCUT2D eigenvalue weighted by Gasteiger charge is -2.08. The first-order valence-corrected chi connectivity index (χ1v) is 5.89. The van der Waals surface area contributed by atoms with E-state index in [0.29, 0.717) is 11.1 Å². The van der Waals surface area contributed by atoms with Gasteiger partial charge in [0.05, 0.1) is 5.52 Å². The molecule has 0 unspecified atom stereocenters. The number of aromatic nitrogens is 2. The fourth-order valence-corrected chi connectivity index (χ4v) is 1.90. The zero-order chi connectivity index (χ0) is 11.9. The van der Waals surface area contributed by atoms with E-state index in [1.807, 2.05) is 24.3 Å². The molecule has 4 heteroatoms. The summed E-state index contributed by atoms with van der Waals surface area (Å²) >= 11 is 0. The van der Waals surface area contributed by atoms with Crippen LogP contribution in [0.2, 0.25) is 0 Å². The van der Waals surface area contributed by atoms with Crippen LogP contribution in [0.1, 0.15) is 30.3 Å². The number of amides is 1. The maximum Gasteiger partial charge on any atom is 0.272 e. The summed E-state index contributed by atoms with van der Waals surface area (Å²) in [5, 5.41) is 10.8. The van der Waals surface area contributed by atoms with Crippen molar-refractivity contribution < 1.29 is 4.79 Å². The van der Waals surface area contributed by atoms with Gasteiger partial charge in [-0.15, -0.1) is 0 Å². The lowest BCUT2D eigenvalue weighted by Crippen LogP contribution is -2.29. The van der Waals surface area contributed by atoms with E-state index in [-0.39, 0.29) is 5.91 Å². The minimum atomic E-state index is -0.0874. The molecule has 1 saturated carbocycles. The molecule has 88 valence electrons. The molecule has 1 amide bonds. The molecule has 2 N–H and O–H groups in total. The summed E-state index contributed by atoms with van der Waals surface area (Å²) in [6.45, 7) is 2.93. The van der Waals surface area contributed by atoms with Crippen LogP contribution < -0.4 is 5.32 Å². The highest BCUT2D eigenvalue weighted by Gasteiger charge is 2.37. The van der Waals surface area contributed by atoms with Crippen molar-refractivity contribution in [2.45, 2.75) is 19.8 Å². The third-order valence-corrected chi connectivity index (χ3v) is 3.46. The Balaban J connectivity index is 1.80. The van der Waals surface area contributed by atoms with E-state index in [1.54, 1.807) is 0 Å². The summed E-state index contributed by atoms with van der Waals surface area (Å²) < 4.78 is 0. The fourth-order valence-electron chi connectivity index (χ4n) is 1.90. The number of carbonyl (C=O) groups is 1. The Morgan fingerprint density at radius 1 is 1.47 bits per heavy atom. The van der Waals surface area contributed by atoms with Gasteiger partial charge in [-0.2, -0.15) is 5.10 Å². The molecule has 2 aromatic rings. The first-order valence-electron chi connectivity index (χ1n) is 5.89. The smallest absolute Gasteiger partial charge is 0.272 e. The number of fused-ring (bicyclic) bond motifs is 1. The number of hydrogen-bond donors (Lipinski definition) is 2. The molecule has 1 aliphatic rings. The predicted molar refractivity (Wildman–Crippen MR) is 65.8 cm³/mol. The van der Waals surface area contributed by atoms with Crippen molar-refractivity contribution in [2.75, 3.05) is 6.54 Å². The largest absolute Gasteiger partial charge is 0.350 e. The fraction of sp³-hybridized carbons (Fsp3) is 0.385. The van der Waals surface area contributed by atoms with Crippen LogP contribution in [0.4, 0.5) is 0 Å². The molecule has 0 atom stereocenters. The van der Waals surface area contributed by atoms with Crippen molar-refractivity contribution in [1.82, 2.24) is 15.5 Å². The average molecular weight is 229 g/mol. The van der Waals surface area contributed by atoms with Gasteiger partial charge < -0.3 is 5.32 Å². The van der Waals surface area contributed by atoms with Crippen molar-refractivity contribution in [3.63, 3.8) is 0 Å². The molecule has 0 aliphatic heterocycles. The predicted octanol–water partition coefficient (Wildman–Crippen LogP) is 2.09. The van der Waals surface area contributed by atoms with E-state index in [9.17, 15) is 4.79 Å². The van der Waals surface area contributed by atoms with Crippen LogP contribution in [0, 0.1) is 5.41 Å². The molecule has 1 heterocycles. The number of para-hydroxylation sites is 1. The summed E-state index contributed by atoms with van der Waals surface area (Å²) in [6, 6.07) is 7.66. The molecule has 4 nitrogen and oxygen atoms in total. The van der Waals surface area contributed by atoms with Gasteiger partial charge in [-0.25, -0.2) is 0 Å². The minimum Gasteiger partial charge on any atom is -0.350 e. The van der Waals surface area contributed by atoms with Crippen LogP contribution in [0.3, 0.4) is 0 Å². The molecule has 1 aromatic carbocycles. The quantitative estimate of drug-likeness (QED) is 0.846. The lowest BCUT2D eigenvalue weighted by atomic mass is 10.1. The third kappa shape index (κ3) is 1.90. The molecule has 0 bridgehead atoms. The molecule has 1 aromatic heterocycles. The van der Waals surface area contributed by atoms with Crippen molar-refractivity contribution in [3.8, 4) is 0 Å². The zero-order valence-electron chi connectivity index (χ0n) is 9.79. The van der Waals surface area contributed by atoms with Gasteiger partial charge in [-0.1, -0.05) is 25.1 Å². The standard InChI is InChI=1S/C13H15N3O/c1-13(6-7-13)8-14-12(17)11-9-4-2-3-5-10(9)15-16-11/h2-5H,6-8H2,1H3,(H,14,17)(H,15,16). The van der Waals surface area contributed by atoms with Gasteiger partial charge in [0.1, 0.15) is 0 Å². The first-order chi connectivity index (χ1) is 8.18. The number of nitrogens with zero attached hydrogens (tertiary/aromatic N) is 1. The second-order valence-electron chi connectivity index (χ2n) is 5.11. The second kappa shape index (κ2) is 3.58. The molecule has 17 heavy (non-hydrogen) atoms. The molecule has 0 saturated heterocycles. The maximum atomic E-state index is 12.0. The monoisotopic (exact) mass is 229 g/mol. The number of carbonyl (C=O) groups excluding carboxylic acids is 1. The number of hydrogen-bond acceptors (Lipinski definition) is 2. The van der Waals surface area contributed by atoms with Crippen LogP contribution in [0.5, 0.6) is 0 Å². The van der Waals surface area contributed by atoms with Crippen LogP contribution >= 0.6 is 0 Å². The Morgan fingerprint density at radius 3 is 3.00 bits per heavy atom. The van der Waals surface area contributed by atoms with E-state index in [0.717, 1.165) is 17.4 Å². The van der Waals surface area contributed by atoms with E-state index < -0.39 is 0 Å². The second-order valence-corrected chi connectivity index (χ2v) is 5.11. The number of rotatable bonds is 3. The Morgan fingerprint density at radius 2 is 2.24 bits per heavy atom. The molecule has 0 spiro atoms. The number of H-pyrrole nitrogens is 1. The molecule has 1 fully saturated rings. The molecular weight excluding hydrogens is 214 g/mol. The Kier molecular flexibility index (Phi) is 2.18. The normalized spacial score (nSPS) is 17.0. The maximum absolute atomic E-state index is 12.0. The Labute approximate surface area is 99.4 Å². The highest BCUT2D eigenvalue weighted by molar-refractivity contribution is 6.04. The highest BCUT2D eigenvalue weighted by Crippen LogP contribution is 2.44. The van der Waals surface area contributed by atoms with Gasteiger partial charge in [-0.3, -0.25) is 9.89 Å². The number of benzene rings is 1. The van der Waals surface area contributed by atoms with Gasteiger partial charge in [0, 0.05) is 11.9 Å². The summed E-state index contributed by atoms with van der Waals surface area (Å²) in [5.41, 5.74) is 1.71. The van der Waals surface area contributed by atoms with Crippen molar-refractivity contribution in [2.24, 2.45) is 5.41 Å². The topological polar surface area (TPSA) is 57.8 Å². The average Bonchev–Trinajstić information content (AvgIpc) is 2.93. The third-order valence-electron chi connectivity index (χ3n) is 3.46. The summed E-state index contributed by atoms with van der Waals surface area (Å²) in [4.78, 5) is 12.0. The minimum absolute atomic E-state index is 0.0874. The van der Waals surface area contributed by atoms with Gasteiger partial charge in [0.25, 0.3) is 5.91 Å². The van der Waals surface area contributed by atoms with E-state index in [4.69, 9.17) is 0 Å². The van der Waals surface area contributed by atoms with Crippen LogP contribution in [0.15, 0.2) is 24.3 Å². The SMILES string of the molecule is CC1(CNC(=O)c2n[nH]c3ccccc23)CC1. The highest BCUT2D eigenvalue weighted by atomic mass is 16.1. The van der Waals surface area contributed by atoms with E-state index in [2.05, 4.69) is 22.4 Å². The van der Waals surface area contributed by atoms with E-state index >= 15 is 0 Å². The molecule has 3 rings (SSSR count). The number of nitrogens with one attached hydrogen (secondary N) is 2. The summed E-state index contributed by atoms with van der Waals surface area (Å²) in [6.07, 6.45) is 2.41. The van der Waals surface area contributed by atoms with Crippen LogP contribution in [-0.2, 0) is 0 Å². The lowest BCUT2D eigenvalue weighted by molar-refractivity contribution is 0.0942. The van der Waals surface area contributed by atoms with Crippen molar-refractivity contribution >= 4 is 16.8 Å². The first kappa shape index (κ1) is 10.3. The summed E-state index contributed by atoms with van der Waals surface area (Å²) in [5.74, 6) is -0.0874. The van der Waals surface area contributed by atoms with E-state index in [1.165, 1.54) is 12.8 Å². The Bertz CT molecular complexity index is 569. The van der Waals surface area contributed by atoms with Crippen molar-refractivity contribution in [1.29, 1.82) is 0 Å². The number of aromatic amines is 1. The zero-order valence-corrected chi connectivity index (χ0v) is 9.79.